The van der Waals surface area contributed by atoms with Crippen LogP contribution in [0.2, 0.25) is 10.0 Å². The first-order valence-corrected chi connectivity index (χ1v) is 11.4. The molecule has 1 N–H and O–H groups in total. The van der Waals surface area contributed by atoms with Crippen molar-refractivity contribution in [2.24, 2.45) is 5.92 Å². The molecule has 0 radical (unpaired) electrons. The summed E-state index contributed by atoms with van der Waals surface area (Å²) >= 11 is 13.4. The van der Waals surface area contributed by atoms with Gasteiger partial charge in [-0.25, -0.2) is 0 Å². The molecule has 0 aromatic heterocycles. The van der Waals surface area contributed by atoms with Gasteiger partial charge in [-0.3, -0.25) is 4.90 Å². The van der Waals surface area contributed by atoms with Crippen LogP contribution < -0.4 is 5.32 Å². The number of hydrogen-bond acceptors (Lipinski definition) is 2. The molecule has 4 aliphatic rings. The Morgan fingerprint density at radius 1 is 0.821 bits per heavy atom. The summed E-state index contributed by atoms with van der Waals surface area (Å²) in [4.78, 5) is 2.77. The lowest BCUT2D eigenvalue weighted by atomic mass is 9.61. The van der Waals surface area contributed by atoms with Gasteiger partial charge in [0.2, 0.25) is 0 Å². The van der Waals surface area contributed by atoms with E-state index in [4.69, 9.17) is 23.2 Å². The van der Waals surface area contributed by atoms with Gasteiger partial charge in [0, 0.05) is 22.1 Å². The molecule has 28 heavy (non-hydrogen) atoms. The molecule has 2 unspecified atom stereocenters. The van der Waals surface area contributed by atoms with E-state index in [0.29, 0.717) is 17.8 Å². The maximum atomic E-state index is 6.72. The van der Waals surface area contributed by atoms with Crippen molar-refractivity contribution in [3.63, 3.8) is 0 Å². The maximum Gasteiger partial charge on any atom is 0.0440 e. The molecule has 1 saturated carbocycles. The van der Waals surface area contributed by atoms with Crippen LogP contribution in [0.3, 0.4) is 0 Å². The Morgan fingerprint density at radius 3 is 1.89 bits per heavy atom. The Kier molecular flexibility index (Phi) is 5.17. The van der Waals surface area contributed by atoms with E-state index in [9.17, 15) is 0 Å². The van der Waals surface area contributed by atoms with Crippen LogP contribution in [-0.2, 0) is 0 Å². The van der Waals surface area contributed by atoms with Gasteiger partial charge in [0.1, 0.15) is 0 Å². The average molecular weight is 415 g/mol. The Hall–Kier alpha value is -1.06. The highest BCUT2D eigenvalue weighted by atomic mass is 35.5. The van der Waals surface area contributed by atoms with Crippen LogP contribution in [0.1, 0.15) is 48.6 Å². The van der Waals surface area contributed by atoms with Crippen molar-refractivity contribution in [3.8, 4) is 0 Å². The third-order valence-corrected chi connectivity index (χ3v) is 8.14. The van der Waals surface area contributed by atoms with Crippen molar-refractivity contribution in [3.05, 3.63) is 69.7 Å². The molecule has 4 heteroatoms. The lowest BCUT2D eigenvalue weighted by molar-refractivity contribution is 0.0543. The van der Waals surface area contributed by atoms with E-state index in [-0.39, 0.29) is 5.54 Å². The van der Waals surface area contributed by atoms with E-state index in [1.165, 1.54) is 49.9 Å². The summed E-state index contributed by atoms with van der Waals surface area (Å²) in [6.07, 6.45) is 5.02. The molecule has 148 valence electrons. The zero-order valence-corrected chi connectivity index (χ0v) is 17.7. The number of halogens is 2. The van der Waals surface area contributed by atoms with Gasteiger partial charge in [0.25, 0.3) is 0 Å². The fourth-order valence-corrected chi connectivity index (χ4v) is 6.73. The first-order valence-electron chi connectivity index (χ1n) is 10.6. The van der Waals surface area contributed by atoms with Crippen molar-refractivity contribution in [2.75, 3.05) is 26.2 Å². The summed E-state index contributed by atoms with van der Waals surface area (Å²) in [5.41, 5.74) is 2.83. The second-order valence-electron chi connectivity index (χ2n) is 8.88. The van der Waals surface area contributed by atoms with Crippen molar-refractivity contribution in [2.45, 2.75) is 43.1 Å². The smallest absolute Gasteiger partial charge is 0.0440 e. The Balaban J connectivity index is 1.62. The quantitative estimate of drug-likeness (QED) is 0.691. The van der Waals surface area contributed by atoms with Crippen LogP contribution in [0.15, 0.2) is 48.5 Å². The summed E-state index contributed by atoms with van der Waals surface area (Å²) in [5, 5.41) is 5.66. The minimum atomic E-state index is 0.192. The highest BCUT2D eigenvalue weighted by molar-refractivity contribution is 6.31. The number of benzene rings is 2. The van der Waals surface area contributed by atoms with Crippen LogP contribution in [0.4, 0.5) is 0 Å². The summed E-state index contributed by atoms with van der Waals surface area (Å²) in [7, 11) is 0. The normalized spacial score (nSPS) is 33.1. The molecular weight excluding hydrogens is 387 g/mol. The van der Waals surface area contributed by atoms with Gasteiger partial charge in [-0.15, -0.1) is 0 Å². The number of rotatable bonds is 3. The highest BCUT2D eigenvalue weighted by Gasteiger charge is 2.52. The van der Waals surface area contributed by atoms with E-state index < -0.39 is 0 Å². The third-order valence-electron chi connectivity index (χ3n) is 7.45. The molecule has 2 aromatic carbocycles. The summed E-state index contributed by atoms with van der Waals surface area (Å²) in [5.74, 6) is 1.43. The lowest BCUT2D eigenvalue weighted by Crippen LogP contribution is -2.55. The van der Waals surface area contributed by atoms with Gasteiger partial charge in [-0.05, 0) is 86.3 Å². The van der Waals surface area contributed by atoms with E-state index in [1.54, 1.807) is 0 Å². The fraction of sp³-hybridized carbons (Fsp3) is 0.500. The van der Waals surface area contributed by atoms with E-state index in [1.807, 2.05) is 12.1 Å². The van der Waals surface area contributed by atoms with Gasteiger partial charge in [-0.1, -0.05) is 59.6 Å². The SMILES string of the molecule is Clc1ccccc1C1CC2(N3CCCC3)CNCC1C(c1ccccc1Cl)C2. The van der Waals surface area contributed by atoms with E-state index >= 15 is 0 Å². The minimum absolute atomic E-state index is 0.192. The molecule has 2 aromatic rings. The van der Waals surface area contributed by atoms with Crippen LogP contribution >= 0.6 is 23.2 Å². The molecule has 6 rings (SSSR count). The van der Waals surface area contributed by atoms with Crippen LogP contribution in [0.25, 0.3) is 0 Å². The van der Waals surface area contributed by atoms with E-state index in [0.717, 1.165) is 23.1 Å². The predicted molar refractivity (Wildman–Crippen MR) is 118 cm³/mol. The van der Waals surface area contributed by atoms with Crippen LogP contribution in [-0.4, -0.2) is 36.6 Å². The molecule has 3 aliphatic heterocycles. The lowest BCUT2D eigenvalue weighted by Gasteiger charge is -2.51. The van der Waals surface area contributed by atoms with Crippen molar-refractivity contribution in [1.82, 2.24) is 10.2 Å². The van der Waals surface area contributed by atoms with E-state index in [2.05, 4.69) is 46.6 Å². The highest BCUT2D eigenvalue weighted by Crippen LogP contribution is 2.55. The van der Waals surface area contributed by atoms with Crippen molar-refractivity contribution in [1.29, 1.82) is 0 Å². The Morgan fingerprint density at radius 2 is 1.36 bits per heavy atom. The Labute approximate surface area is 178 Å². The molecule has 3 heterocycles. The van der Waals surface area contributed by atoms with Gasteiger partial charge in [0.05, 0.1) is 0 Å². The minimum Gasteiger partial charge on any atom is -0.315 e. The number of fused-ring (bicyclic) bond motifs is 4. The molecule has 0 amide bonds. The maximum absolute atomic E-state index is 6.72. The number of hydrogen-bond donors (Lipinski definition) is 1. The first kappa shape index (κ1) is 18.9. The fourth-order valence-electron chi connectivity index (χ4n) is 6.18. The molecule has 3 saturated heterocycles. The van der Waals surface area contributed by atoms with Gasteiger partial charge in [-0.2, -0.15) is 0 Å². The van der Waals surface area contributed by atoms with Gasteiger partial charge in [0.15, 0.2) is 0 Å². The number of nitrogens with one attached hydrogen (secondary N) is 1. The molecular formula is C24H28Cl2N2. The summed E-state index contributed by atoms with van der Waals surface area (Å²) in [6.45, 7) is 4.54. The van der Waals surface area contributed by atoms with Crippen LogP contribution in [0, 0.1) is 5.92 Å². The summed E-state index contributed by atoms with van der Waals surface area (Å²) in [6, 6.07) is 17.0. The van der Waals surface area contributed by atoms with Crippen molar-refractivity contribution < 1.29 is 0 Å². The molecule has 2 nitrogen and oxygen atoms in total. The zero-order chi connectivity index (χ0) is 19.1. The largest absolute Gasteiger partial charge is 0.315 e. The van der Waals surface area contributed by atoms with Gasteiger partial charge < -0.3 is 5.32 Å². The topological polar surface area (TPSA) is 15.3 Å². The third kappa shape index (κ3) is 3.19. The molecule has 0 spiro atoms. The van der Waals surface area contributed by atoms with Gasteiger partial charge >= 0.3 is 0 Å². The zero-order valence-electron chi connectivity index (χ0n) is 16.2. The molecule has 2 atom stereocenters. The molecule has 1 aliphatic carbocycles. The molecule has 4 fully saturated rings. The summed E-state index contributed by atoms with van der Waals surface area (Å²) < 4.78 is 0. The first-order chi connectivity index (χ1) is 13.7. The second kappa shape index (κ2) is 7.65. The van der Waals surface area contributed by atoms with Crippen LogP contribution in [0.5, 0.6) is 0 Å². The second-order valence-corrected chi connectivity index (χ2v) is 9.69. The predicted octanol–water partition coefficient (Wildman–Crippen LogP) is 5.71. The Bertz CT molecular complexity index is 791. The number of nitrogens with zero attached hydrogens (tertiary/aromatic N) is 1. The monoisotopic (exact) mass is 414 g/mol. The van der Waals surface area contributed by atoms with Crippen molar-refractivity contribution >= 4 is 23.2 Å². The number of likely N-dealkylation sites (tertiary alicyclic amines) is 1. The average Bonchev–Trinajstić information content (AvgIpc) is 3.12. The molecule has 2 bridgehead atoms. The standard InChI is InChI=1S/C24H28Cl2N2/c25-22-9-3-1-7-17(22)19-13-24(28-11-5-6-12-28)14-20(21(19)15-27-16-24)18-8-2-4-10-23(18)26/h1-4,7-10,19-21,27H,5-6,11-16H2.